The molecular formula is C19H22N2O4S. The van der Waals surface area contributed by atoms with E-state index in [1.165, 1.54) is 12.1 Å². The van der Waals surface area contributed by atoms with E-state index < -0.39 is 10.0 Å². The first kappa shape index (κ1) is 18.6. The van der Waals surface area contributed by atoms with Gasteiger partial charge < -0.3 is 9.64 Å². The second kappa shape index (κ2) is 7.99. The highest BCUT2D eigenvalue weighted by molar-refractivity contribution is 7.89. The summed E-state index contributed by atoms with van der Waals surface area (Å²) in [7, 11) is -3.64. The molecule has 1 aliphatic heterocycles. The minimum absolute atomic E-state index is 0.106. The van der Waals surface area contributed by atoms with Crippen LogP contribution in [0.25, 0.3) is 0 Å². The molecule has 2 aromatic rings. The molecule has 0 unspecified atom stereocenters. The van der Waals surface area contributed by atoms with Crippen molar-refractivity contribution >= 4 is 15.9 Å². The minimum Gasteiger partial charge on any atom is -0.378 e. The molecule has 2 aromatic carbocycles. The van der Waals surface area contributed by atoms with Crippen molar-refractivity contribution in [3.63, 3.8) is 0 Å². The summed E-state index contributed by atoms with van der Waals surface area (Å²) < 4.78 is 32.8. The highest BCUT2D eigenvalue weighted by Gasteiger charge is 2.20. The van der Waals surface area contributed by atoms with E-state index in [1.807, 2.05) is 31.2 Å². The molecule has 1 N–H and O–H groups in total. The molecule has 0 aromatic heterocycles. The third-order valence-electron chi connectivity index (χ3n) is 4.42. The van der Waals surface area contributed by atoms with E-state index in [0.29, 0.717) is 31.9 Å². The van der Waals surface area contributed by atoms with E-state index in [0.717, 1.165) is 11.1 Å². The van der Waals surface area contributed by atoms with Gasteiger partial charge in [-0.3, -0.25) is 4.79 Å². The van der Waals surface area contributed by atoms with Crippen LogP contribution in [0, 0.1) is 6.92 Å². The van der Waals surface area contributed by atoms with Gasteiger partial charge in [-0.15, -0.1) is 0 Å². The SMILES string of the molecule is Cc1ccccc1CNS(=O)(=O)c1ccc(C(=O)N2CCOCC2)cc1. The van der Waals surface area contributed by atoms with Gasteiger partial charge in [0.05, 0.1) is 18.1 Å². The fourth-order valence-corrected chi connectivity index (χ4v) is 3.80. The predicted octanol–water partition coefficient (Wildman–Crippen LogP) is 1.95. The van der Waals surface area contributed by atoms with E-state index in [-0.39, 0.29) is 17.3 Å². The first-order chi connectivity index (χ1) is 12.5. The number of ether oxygens (including phenoxy) is 1. The zero-order valence-corrected chi connectivity index (χ0v) is 15.5. The van der Waals surface area contributed by atoms with Crippen LogP contribution in [-0.4, -0.2) is 45.5 Å². The smallest absolute Gasteiger partial charge is 0.254 e. The summed E-state index contributed by atoms with van der Waals surface area (Å²) in [6, 6.07) is 13.7. The van der Waals surface area contributed by atoms with Crippen molar-refractivity contribution in [1.29, 1.82) is 0 Å². The van der Waals surface area contributed by atoms with E-state index >= 15 is 0 Å². The van der Waals surface area contributed by atoms with Crippen molar-refractivity contribution in [3.05, 3.63) is 65.2 Å². The Hall–Kier alpha value is -2.22. The average molecular weight is 374 g/mol. The molecular weight excluding hydrogens is 352 g/mol. The number of amides is 1. The van der Waals surface area contributed by atoms with Crippen molar-refractivity contribution in [2.45, 2.75) is 18.4 Å². The summed E-state index contributed by atoms with van der Waals surface area (Å²) in [5, 5.41) is 0. The molecule has 0 aliphatic carbocycles. The molecule has 26 heavy (non-hydrogen) atoms. The number of carbonyl (C=O) groups excluding carboxylic acids is 1. The van der Waals surface area contributed by atoms with E-state index in [1.54, 1.807) is 17.0 Å². The summed E-state index contributed by atoms with van der Waals surface area (Å²) in [4.78, 5) is 14.3. The number of hydrogen-bond donors (Lipinski definition) is 1. The number of hydrogen-bond acceptors (Lipinski definition) is 4. The van der Waals surface area contributed by atoms with Gasteiger partial charge in [0.2, 0.25) is 10.0 Å². The summed E-state index contributed by atoms with van der Waals surface area (Å²) in [6.45, 7) is 4.33. The Bertz CT molecular complexity index is 873. The average Bonchev–Trinajstić information content (AvgIpc) is 2.67. The van der Waals surface area contributed by atoms with E-state index in [9.17, 15) is 13.2 Å². The number of sulfonamides is 1. The topological polar surface area (TPSA) is 75.7 Å². The minimum atomic E-state index is -3.64. The zero-order valence-electron chi connectivity index (χ0n) is 14.6. The van der Waals surface area contributed by atoms with Crippen LogP contribution in [0.2, 0.25) is 0 Å². The fraction of sp³-hybridized carbons (Fsp3) is 0.316. The first-order valence-electron chi connectivity index (χ1n) is 8.48. The molecule has 1 fully saturated rings. The Morgan fingerprint density at radius 2 is 1.73 bits per heavy atom. The lowest BCUT2D eigenvalue weighted by Crippen LogP contribution is -2.40. The summed E-state index contributed by atoms with van der Waals surface area (Å²) in [5.74, 6) is -0.106. The van der Waals surface area contributed by atoms with Gasteiger partial charge in [0.1, 0.15) is 0 Å². The molecule has 0 radical (unpaired) electrons. The highest BCUT2D eigenvalue weighted by Crippen LogP contribution is 2.14. The van der Waals surface area contributed by atoms with Gasteiger partial charge in [-0.05, 0) is 42.3 Å². The normalized spacial score (nSPS) is 15.0. The molecule has 7 heteroatoms. The molecule has 1 amide bonds. The number of aryl methyl sites for hydroxylation is 1. The Kier molecular flexibility index (Phi) is 5.70. The second-order valence-corrected chi connectivity index (χ2v) is 7.95. The van der Waals surface area contributed by atoms with Crippen LogP contribution in [0.15, 0.2) is 53.4 Å². The molecule has 0 atom stereocenters. The maximum atomic E-state index is 12.5. The van der Waals surface area contributed by atoms with Crippen LogP contribution in [0.5, 0.6) is 0 Å². The summed E-state index contributed by atoms with van der Waals surface area (Å²) >= 11 is 0. The van der Waals surface area contributed by atoms with Gasteiger partial charge in [-0.25, -0.2) is 13.1 Å². The number of carbonyl (C=O) groups is 1. The summed E-state index contributed by atoms with van der Waals surface area (Å²) in [5.41, 5.74) is 2.43. The number of nitrogens with one attached hydrogen (secondary N) is 1. The van der Waals surface area contributed by atoms with Crippen molar-refractivity contribution < 1.29 is 17.9 Å². The molecule has 138 valence electrons. The molecule has 6 nitrogen and oxygen atoms in total. The van der Waals surface area contributed by atoms with Crippen LogP contribution in [0.3, 0.4) is 0 Å². The second-order valence-electron chi connectivity index (χ2n) is 6.18. The lowest BCUT2D eigenvalue weighted by atomic mass is 10.1. The molecule has 3 rings (SSSR count). The monoisotopic (exact) mass is 374 g/mol. The van der Waals surface area contributed by atoms with Gasteiger partial charge in [-0.1, -0.05) is 24.3 Å². The number of benzene rings is 2. The molecule has 1 saturated heterocycles. The largest absolute Gasteiger partial charge is 0.378 e. The fourth-order valence-electron chi connectivity index (χ4n) is 2.79. The first-order valence-corrected chi connectivity index (χ1v) is 9.97. The lowest BCUT2D eigenvalue weighted by Gasteiger charge is -2.26. The van der Waals surface area contributed by atoms with Gasteiger partial charge in [-0.2, -0.15) is 0 Å². The van der Waals surface area contributed by atoms with E-state index in [2.05, 4.69) is 4.72 Å². The Balaban J connectivity index is 1.68. The number of nitrogens with zero attached hydrogens (tertiary/aromatic N) is 1. The van der Waals surface area contributed by atoms with Crippen molar-refractivity contribution in [2.24, 2.45) is 0 Å². The van der Waals surface area contributed by atoms with Gasteiger partial charge in [0.15, 0.2) is 0 Å². The van der Waals surface area contributed by atoms with Crippen LogP contribution in [0.1, 0.15) is 21.5 Å². The molecule has 1 aliphatic rings. The standard InChI is InChI=1S/C19H22N2O4S/c1-15-4-2-3-5-17(15)14-20-26(23,24)18-8-6-16(7-9-18)19(22)21-10-12-25-13-11-21/h2-9,20H,10-14H2,1H3. The molecule has 0 bridgehead atoms. The maximum Gasteiger partial charge on any atom is 0.254 e. The van der Waals surface area contributed by atoms with E-state index in [4.69, 9.17) is 4.74 Å². The van der Waals surface area contributed by atoms with Gasteiger partial charge >= 0.3 is 0 Å². The Labute approximate surface area is 153 Å². The Morgan fingerprint density at radius 1 is 1.08 bits per heavy atom. The van der Waals surface area contributed by atoms with Crippen molar-refractivity contribution in [3.8, 4) is 0 Å². The van der Waals surface area contributed by atoms with Crippen LogP contribution in [0.4, 0.5) is 0 Å². The molecule has 1 heterocycles. The number of morpholine rings is 1. The van der Waals surface area contributed by atoms with Crippen LogP contribution in [-0.2, 0) is 21.3 Å². The molecule has 0 spiro atoms. The Morgan fingerprint density at radius 3 is 2.38 bits per heavy atom. The summed E-state index contributed by atoms with van der Waals surface area (Å²) in [6.07, 6.45) is 0. The van der Waals surface area contributed by atoms with Crippen molar-refractivity contribution in [1.82, 2.24) is 9.62 Å². The van der Waals surface area contributed by atoms with Gasteiger partial charge in [0, 0.05) is 25.2 Å². The predicted molar refractivity (Wildman–Crippen MR) is 98.4 cm³/mol. The zero-order chi connectivity index (χ0) is 18.6. The maximum absolute atomic E-state index is 12.5. The lowest BCUT2D eigenvalue weighted by molar-refractivity contribution is 0.0303. The molecule has 0 saturated carbocycles. The van der Waals surface area contributed by atoms with Crippen LogP contribution >= 0.6 is 0 Å². The van der Waals surface area contributed by atoms with Gasteiger partial charge in [0.25, 0.3) is 5.91 Å². The van der Waals surface area contributed by atoms with Crippen LogP contribution < -0.4 is 4.72 Å². The third kappa shape index (κ3) is 4.30. The number of rotatable bonds is 5. The quantitative estimate of drug-likeness (QED) is 0.868. The van der Waals surface area contributed by atoms with Crippen molar-refractivity contribution in [2.75, 3.05) is 26.3 Å². The third-order valence-corrected chi connectivity index (χ3v) is 5.84. The highest BCUT2D eigenvalue weighted by atomic mass is 32.2.